The molecule has 0 unspecified atom stereocenters. The average Bonchev–Trinajstić information content (AvgIpc) is 2.29. The van der Waals surface area contributed by atoms with Crippen molar-refractivity contribution in [1.29, 1.82) is 0 Å². The third-order valence-corrected chi connectivity index (χ3v) is 4.15. The van der Waals surface area contributed by atoms with Crippen LogP contribution in [0, 0.1) is 0 Å². The van der Waals surface area contributed by atoms with Gasteiger partial charge in [-0.1, -0.05) is 50.8 Å². The summed E-state index contributed by atoms with van der Waals surface area (Å²) in [6.45, 7) is 4.44. The Morgan fingerprint density at radius 2 is 1.82 bits per heavy atom. The predicted octanol–water partition coefficient (Wildman–Crippen LogP) is 4.58. The van der Waals surface area contributed by atoms with Crippen LogP contribution in [-0.4, -0.2) is 0 Å². The second kappa shape index (κ2) is 4.99. The summed E-state index contributed by atoms with van der Waals surface area (Å²) in [5.41, 5.74) is 9.12. The molecule has 17 heavy (non-hydrogen) atoms. The predicted molar refractivity (Wildman–Crippen MR) is 74.5 cm³/mol. The second-order valence-corrected chi connectivity index (χ2v) is 6.04. The van der Waals surface area contributed by atoms with E-state index < -0.39 is 0 Å². The summed E-state index contributed by atoms with van der Waals surface area (Å²) in [5, 5.41) is 0.805. The molecule has 2 rings (SSSR count). The Morgan fingerprint density at radius 1 is 1.18 bits per heavy atom. The Labute approximate surface area is 109 Å². The molecule has 0 heterocycles. The summed E-state index contributed by atoms with van der Waals surface area (Å²) in [5.74, 6) is 0.504. The van der Waals surface area contributed by atoms with Gasteiger partial charge in [0.2, 0.25) is 0 Å². The maximum Gasteiger partial charge on any atom is 0.0413 e. The van der Waals surface area contributed by atoms with Gasteiger partial charge < -0.3 is 5.73 Å². The molecule has 2 heteroatoms. The average molecular weight is 252 g/mol. The van der Waals surface area contributed by atoms with E-state index in [9.17, 15) is 0 Å². The van der Waals surface area contributed by atoms with Crippen LogP contribution >= 0.6 is 11.6 Å². The van der Waals surface area contributed by atoms with Crippen LogP contribution in [0.3, 0.4) is 0 Å². The van der Waals surface area contributed by atoms with Gasteiger partial charge >= 0.3 is 0 Å². The van der Waals surface area contributed by atoms with Crippen LogP contribution in [0.5, 0.6) is 0 Å². The quantitative estimate of drug-likeness (QED) is 0.818. The van der Waals surface area contributed by atoms with Crippen molar-refractivity contribution >= 4 is 11.6 Å². The lowest BCUT2D eigenvalue weighted by Crippen LogP contribution is -2.39. The SMILES string of the molecule is CC(C)c1ccc(Cl)cc1C1(N)CCCCC1. The molecule has 0 spiro atoms. The standard InChI is InChI=1S/C15H22ClN/c1-11(2)13-7-6-12(16)10-14(13)15(17)8-4-3-5-9-15/h6-7,10-11H,3-5,8-9,17H2,1-2H3. The molecular weight excluding hydrogens is 230 g/mol. The smallest absolute Gasteiger partial charge is 0.0413 e. The van der Waals surface area contributed by atoms with Crippen LogP contribution in [0.15, 0.2) is 18.2 Å². The molecule has 1 aromatic rings. The molecule has 1 aliphatic carbocycles. The third-order valence-electron chi connectivity index (χ3n) is 3.92. The highest BCUT2D eigenvalue weighted by Gasteiger charge is 2.31. The molecule has 1 saturated carbocycles. The third kappa shape index (κ3) is 2.66. The number of hydrogen-bond donors (Lipinski definition) is 1. The summed E-state index contributed by atoms with van der Waals surface area (Å²) in [4.78, 5) is 0. The van der Waals surface area contributed by atoms with Crippen molar-refractivity contribution in [1.82, 2.24) is 0 Å². The Balaban J connectivity index is 2.44. The molecule has 0 atom stereocenters. The molecule has 1 fully saturated rings. The molecule has 0 saturated heterocycles. The lowest BCUT2D eigenvalue weighted by atomic mass is 9.74. The van der Waals surface area contributed by atoms with Crippen LogP contribution in [0.1, 0.15) is 63.0 Å². The van der Waals surface area contributed by atoms with E-state index in [2.05, 4.69) is 26.0 Å². The number of benzene rings is 1. The number of nitrogens with two attached hydrogens (primary N) is 1. The summed E-state index contributed by atoms with van der Waals surface area (Å²) >= 11 is 6.15. The van der Waals surface area contributed by atoms with E-state index in [0.717, 1.165) is 17.9 Å². The number of halogens is 1. The minimum atomic E-state index is -0.150. The van der Waals surface area contributed by atoms with Gasteiger partial charge in [-0.3, -0.25) is 0 Å². The van der Waals surface area contributed by atoms with E-state index in [-0.39, 0.29) is 5.54 Å². The van der Waals surface area contributed by atoms with E-state index >= 15 is 0 Å². The first-order chi connectivity index (χ1) is 8.03. The highest BCUT2D eigenvalue weighted by Crippen LogP contribution is 2.39. The van der Waals surface area contributed by atoms with Gasteiger partial charge in [0.05, 0.1) is 0 Å². The van der Waals surface area contributed by atoms with Gasteiger partial charge in [-0.15, -0.1) is 0 Å². The van der Waals surface area contributed by atoms with Crippen molar-refractivity contribution in [3.8, 4) is 0 Å². The van der Waals surface area contributed by atoms with Gasteiger partial charge in [0.15, 0.2) is 0 Å². The summed E-state index contributed by atoms with van der Waals surface area (Å²) in [7, 11) is 0. The molecule has 94 valence electrons. The van der Waals surface area contributed by atoms with Crippen LogP contribution in [0.2, 0.25) is 5.02 Å². The molecule has 0 aromatic heterocycles. The van der Waals surface area contributed by atoms with Gasteiger partial charge in [-0.2, -0.15) is 0 Å². The Hall–Kier alpha value is -0.530. The molecule has 1 aliphatic rings. The molecule has 0 bridgehead atoms. The fourth-order valence-corrected chi connectivity index (χ4v) is 3.09. The van der Waals surface area contributed by atoms with Gasteiger partial charge in [0.25, 0.3) is 0 Å². The molecule has 2 N–H and O–H groups in total. The monoisotopic (exact) mass is 251 g/mol. The second-order valence-electron chi connectivity index (χ2n) is 5.60. The normalized spacial score (nSPS) is 19.6. The fraction of sp³-hybridized carbons (Fsp3) is 0.600. The van der Waals surface area contributed by atoms with E-state index in [4.69, 9.17) is 17.3 Å². The van der Waals surface area contributed by atoms with Crippen molar-refractivity contribution in [2.45, 2.75) is 57.4 Å². The molecule has 0 radical (unpaired) electrons. The number of rotatable bonds is 2. The zero-order valence-electron chi connectivity index (χ0n) is 10.8. The van der Waals surface area contributed by atoms with Gasteiger partial charge in [0.1, 0.15) is 0 Å². The first-order valence-corrected chi connectivity index (χ1v) is 6.99. The Kier molecular flexibility index (Phi) is 3.79. The first kappa shape index (κ1) is 12.9. The zero-order chi connectivity index (χ0) is 12.5. The summed E-state index contributed by atoms with van der Waals surface area (Å²) in [6.07, 6.45) is 5.97. The molecular formula is C15H22ClN. The fourth-order valence-electron chi connectivity index (χ4n) is 2.92. The van der Waals surface area contributed by atoms with Crippen molar-refractivity contribution in [2.75, 3.05) is 0 Å². The van der Waals surface area contributed by atoms with Crippen LogP contribution in [0.25, 0.3) is 0 Å². The van der Waals surface area contributed by atoms with E-state index in [0.29, 0.717) is 5.92 Å². The van der Waals surface area contributed by atoms with Crippen LogP contribution in [0.4, 0.5) is 0 Å². The largest absolute Gasteiger partial charge is 0.321 e. The summed E-state index contributed by atoms with van der Waals surface area (Å²) in [6, 6.07) is 6.21. The van der Waals surface area contributed by atoms with Crippen molar-refractivity contribution in [2.24, 2.45) is 5.73 Å². The molecule has 0 aliphatic heterocycles. The minimum absolute atomic E-state index is 0.150. The first-order valence-electron chi connectivity index (χ1n) is 6.62. The van der Waals surface area contributed by atoms with Gasteiger partial charge in [-0.25, -0.2) is 0 Å². The highest BCUT2D eigenvalue weighted by atomic mass is 35.5. The molecule has 1 nitrogen and oxygen atoms in total. The van der Waals surface area contributed by atoms with Crippen molar-refractivity contribution < 1.29 is 0 Å². The molecule has 1 aromatic carbocycles. The van der Waals surface area contributed by atoms with E-state index in [1.54, 1.807) is 0 Å². The minimum Gasteiger partial charge on any atom is -0.321 e. The van der Waals surface area contributed by atoms with Gasteiger partial charge in [0, 0.05) is 10.6 Å². The lowest BCUT2D eigenvalue weighted by molar-refractivity contribution is 0.300. The molecule has 0 amide bonds. The van der Waals surface area contributed by atoms with Crippen molar-refractivity contribution in [3.05, 3.63) is 34.3 Å². The van der Waals surface area contributed by atoms with Crippen LogP contribution in [-0.2, 0) is 5.54 Å². The van der Waals surface area contributed by atoms with Gasteiger partial charge in [-0.05, 0) is 42.0 Å². The summed E-state index contributed by atoms with van der Waals surface area (Å²) < 4.78 is 0. The number of hydrogen-bond acceptors (Lipinski definition) is 1. The topological polar surface area (TPSA) is 26.0 Å². The Bertz CT molecular complexity index is 392. The lowest BCUT2D eigenvalue weighted by Gasteiger charge is -2.36. The zero-order valence-corrected chi connectivity index (χ0v) is 11.6. The van der Waals surface area contributed by atoms with Crippen LogP contribution < -0.4 is 5.73 Å². The van der Waals surface area contributed by atoms with Crippen molar-refractivity contribution in [3.63, 3.8) is 0 Å². The van der Waals surface area contributed by atoms with E-state index in [1.165, 1.54) is 30.4 Å². The Morgan fingerprint density at radius 3 is 2.41 bits per heavy atom. The van der Waals surface area contributed by atoms with E-state index in [1.807, 2.05) is 6.07 Å². The maximum atomic E-state index is 6.63. The highest BCUT2D eigenvalue weighted by molar-refractivity contribution is 6.30. The maximum absolute atomic E-state index is 6.63.